The van der Waals surface area contributed by atoms with Crippen molar-refractivity contribution in [3.05, 3.63) is 230 Å². The molecule has 0 radical (unpaired) electrons. The molecule has 0 amide bonds. The molecule has 2 nitrogen and oxygen atoms in total. The molecule has 0 saturated heterocycles. The van der Waals surface area contributed by atoms with Gasteiger partial charge in [0.25, 0.3) is 0 Å². The maximum atomic E-state index is 4.71. The Hall–Kier alpha value is -7.59. The number of thioether (sulfide) groups is 1. The average molecular weight is 825 g/mol. The van der Waals surface area contributed by atoms with Gasteiger partial charge in [0, 0.05) is 37.8 Å². The minimum atomic E-state index is 1.02. The predicted molar refractivity (Wildman–Crippen MR) is 276 cm³/mol. The molecule has 11 aromatic carbocycles. The summed E-state index contributed by atoms with van der Waals surface area (Å²) in [5, 5.41) is 16.6. The molecule has 0 unspecified atom stereocenters. The fourth-order valence-corrected chi connectivity index (χ4v) is 10.5. The second-order valence-electron chi connectivity index (χ2n) is 16.2. The molecule has 0 bridgehead atoms. The molecule has 0 heterocycles. The van der Waals surface area contributed by atoms with Gasteiger partial charge >= 0.3 is 0 Å². The van der Waals surface area contributed by atoms with Crippen LogP contribution in [0.15, 0.2) is 229 Å². The van der Waals surface area contributed by atoms with Crippen LogP contribution < -0.4 is 9.80 Å². The van der Waals surface area contributed by atoms with Gasteiger partial charge in [-0.15, -0.1) is 0 Å². The first-order chi connectivity index (χ1) is 31.1. The smallest absolute Gasteiger partial charge is 0.0540 e. The molecule has 3 heteroatoms. The molecule has 0 aliphatic rings. The molecule has 0 aromatic heterocycles. The summed E-state index contributed by atoms with van der Waals surface area (Å²) in [4.78, 5) is 6.13. The minimum absolute atomic E-state index is 1.02. The van der Waals surface area contributed by atoms with Crippen LogP contribution in [0.4, 0.5) is 34.1 Å². The highest BCUT2D eigenvalue weighted by atomic mass is 32.2. The Kier molecular flexibility index (Phi) is 9.75. The number of anilines is 6. The van der Waals surface area contributed by atoms with Crippen LogP contribution >= 0.6 is 11.8 Å². The molecule has 0 spiro atoms. The van der Waals surface area contributed by atoms with E-state index in [0.29, 0.717) is 0 Å². The fourth-order valence-electron chi connectivity index (χ4n) is 9.59. The number of rotatable bonds is 9. The zero-order valence-corrected chi connectivity index (χ0v) is 36.1. The molecule has 0 aliphatic heterocycles. The summed E-state index contributed by atoms with van der Waals surface area (Å²) in [7, 11) is 0. The second-order valence-corrected chi connectivity index (χ2v) is 17.1. The summed E-state index contributed by atoms with van der Waals surface area (Å²) >= 11 is 1.78. The van der Waals surface area contributed by atoms with Gasteiger partial charge in [-0.25, -0.2) is 0 Å². The first-order valence-corrected chi connectivity index (χ1v) is 22.4. The van der Waals surface area contributed by atoms with Gasteiger partial charge in [-0.1, -0.05) is 182 Å². The minimum Gasteiger partial charge on any atom is -0.309 e. The van der Waals surface area contributed by atoms with E-state index in [0.717, 1.165) is 45.3 Å². The third kappa shape index (κ3) is 6.61. The van der Waals surface area contributed by atoms with Crippen molar-refractivity contribution < 1.29 is 0 Å². The molecule has 0 atom stereocenters. The van der Waals surface area contributed by atoms with E-state index < -0.39 is 0 Å². The van der Waals surface area contributed by atoms with Gasteiger partial charge < -0.3 is 9.80 Å². The first kappa shape index (κ1) is 38.3. The Morgan fingerprint density at radius 1 is 0.397 bits per heavy atom. The molecule has 0 N–H and O–H groups in total. The first-order valence-electron chi connectivity index (χ1n) is 21.6. The second kappa shape index (κ2) is 16.0. The molecule has 300 valence electrons. The van der Waals surface area contributed by atoms with Gasteiger partial charge in [0.15, 0.2) is 0 Å². The molecular weight excluding hydrogens is 781 g/mol. The standard InChI is InChI=1S/C60H44N2S/c1-4-37-63-60-51-35-33-45(61(55-29-13-21-41-17-5-9-25-47(41)55)56-30-14-22-42-18-6-10-26-48(42)56)38-53(51)59(40(2)3)54-39-46(34-36-52(54)60)62(57-31-15-23-43-19-7-11-27-49(43)57)58-32-16-24-44-20-8-12-28-50(44)58/h4-39H,2H2,1,3H3. The zero-order chi connectivity index (χ0) is 42.4. The summed E-state index contributed by atoms with van der Waals surface area (Å²) in [6, 6.07) is 75.4. The van der Waals surface area contributed by atoms with Crippen LogP contribution in [0.3, 0.4) is 0 Å². The van der Waals surface area contributed by atoms with Crippen LogP contribution in [0, 0.1) is 0 Å². The highest BCUT2D eigenvalue weighted by Crippen LogP contribution is 2.49. The SMILES string of the molecule is C=C(C)c1c2cc(N(c3cccc4ccccc34)c3cccc4ccccc34)ccc2c(SC=CC)c2ccc(N(c3cccc4ccccc34)c3cccc4ccccc34)cc12. The summed E-state index contributed by atoms with van der Waals surface area (Å²) in [6.45, 7) is 8.97. The van der Waals surface area contributed by atoms with Crippen LogP contribution in [0.2, 0.25) is 0 Å². The molecule has 63 heavy (non-hydrogen) atoms. The van der Waals surface area contributed by atoms with E-state index >= 15 is 0 Å². The van der Waals surface area contributed by atoms with Crippen LogP contribution in [-0.2, 0) is 0 Å². The van der Waals surface area contributed by atoms with Crippen LogP contribution in [0.25, 0.3) is 70.2 Å². The lowest BCUT2D eigenvalue weighted by Crippen LogP contribution is -2.11. The summed E-state index contributed by atoms with van der Waals surface area (Å²) in [6.07, 6.45) is 2.13. The Morgan fingerprint density at radius 3 is 1.06 bits per heavy atom. The number of allylic oxidation sites excluding steroid dienone is 2. The largest absolute Gasteiger partial charge is 0.309 e. The molecule has 11 rings (SSSR count). The van der Waals surface area contributed by atoms with Crippen molar-refractivity contribution in [1.82, 2.24) is 0 Å². The van der Waals surface area contributed by atoms with Crippen LogP contribution in [0.1, 0.15) is 19.4 Å². The van der Waals surface area contributed by atoms with E-state index in [1.807, 2.05) is 0 Å². The fraction of sp³-hybridized carbons (Fsp3) is 0.0333. The van der Waals surface area contributed by atoms with E-state index in [2.05, 4.69) is 241 Å². The van der Waals surface area contributed by atoms with Gasteiger partial charge in [0.05, 0.1) is 22.7 Å². The zero-order valence-electron chi connectivity index (χ0n) is 35.3. The van der Waals surface area contributed by atoms with Crippen molar-refractivity contribution in [2.75, 3.05) is 9.80 Å². The summed E-state index contributed by atoms with van der Waals surface area (Å²) < 4.78 is 0. The molecule has 11 aromatic rings. The van der Waals surface area contributed by atoms with E-state index in [1.54, 1.807) is 11.8 Å². The van der Waals surface area contributed by atoms with Crippen LogP contribution in [-0.4, -0.2) is 0 Å². The normalized spacial score (nSPS) is 11.7. The highest BCUT2D eigenvalue weighted by molar-refractivity contribution is 8.02. The van der Waals surface area contributed by atoms with E-state index in [9.17, 15) is 0 Å². The predicted octanol–water partition coefficient (Wildman–Crippen LogP) is 18.2. The van der Waals surface area contributed by atoms with E-state index in [-0.39, 0.29) is 0 Å². The number of benzene rings is 11. The topological polar surface area (TPSA) is 6.48 Å². The Bertz CT molecular complexity index is 3220. The van der Waals surface area contributed by atoms with Gasteiger partial charge in [0.2, 0.25) is 0 Å². The Labute approximate surface area is 372 Å². The third-order valence-electron chi connectivity index (χ3n) is 12.3. The summed E-state index contributed by atoms with van der Waals surface area (Å²) in [5.74, 6) is 0. The summed E-state index contributed by atoms with van der Waals surface area (Å²) in [5.41, 5.74) is 8.87. The third-order valence-corrected chi connectivity index (χ3v) is 13.4. The van der Waals surface area contributed by atoms with Crippen molar-refractivity contribution in [2.45, 2.75) is 18.7 Å². The van der Waals surface area contributed by atoms with E-state index in [1.165, 1.54) is 69.5 Å². The van der Waals surface area contributed by atoms with Crippen molar-refractivity contribution >= 4 is 116 Å². The van der Waals surface area contributed by atoms with Gasteiger partial charge in [-0.2, -0.15) is 0 Å². The monoisotopic (exact) mass is 824 g/mol. The lowest BCUT2D eigenvalue weighted by Gasteiger charge is -2.30. The van der Waals surface area contributed by atoms with E-state index in [4.69, 9.17) is 6.58 Å². The number of fused-ring (bicyclic) bond motifs is 6. The lowest BCUT2D eigenvalue weighted by molar-refractivity contribution is 1.31. The Balaban J connectivity index is 1.22. The number of hydrogen-bond donors (Lipinski definition) is 0. The highest BCUT2D eigenvalue weighted by Gasteiger charge is 2.23. The molecule has 0 fully saturated rings. The van der Waals surface area contributed by atoms with Gasteiger partial charge in [-0.3, -0.25) is 0 Å². The van der Waals surface area contributed by atoms with Crippen LogP contribution in [0.5, 0.6) is 0 Å². The van der Waals surface area contributed by atoms with Crippen molar-refractivity contribution in [2.24, 2.45) is 0 Å². The number of hydrogen-bond acceptors (Lipinski definition) is 3. The van der Waals surface area contributed by atoms with Gasteiger partial charge in [0.1, 0.15) is 0 Å². The molecule has 0 saturated carbocycles. The van der Waals surface area contributed by atoms with Crippen molar-refractivity contribution in [3.63, 3.8) is 0 Å². The number of nitrogens with zero attached hydrogens (tertiary/aromatic N) is 2. The maximum Gasteiger partial charge on any atom is 0.0540 e. The quantitative estimate of drug-likeness (QED) is 0.106. The average Bonchev–Trinajstić information content (AvgIpc) is 3.33. The lowest BCUT2D eigenvalue weighted by atomic mass is 9.91. The molecular formula is C60H44N2S. The molecule has 0 aliphatic carbocycles. The Morgan fingerprint density at radius 2 is 0.730 bits per heavy atom. The van der Waals surface area contributed by atoms with Crippen molar-refractivity contribution in [3.8, 4) is 0 Å². The van der Waals surface area contributed by atoms with Gasteiger partial charge in [-0.05, 0) is 122 Å². The van der Waals surface area contributed by atoms with Crippen molar-refractivity contribution in [1.29, 1.82) is 0 Å². The maximum absolute atomic E-state index is 4.71.